The van der Waals surface area contributed by atoms with Gasteiger partial charge >= 0.3 is 0 Å². The Balaban J connectivity index is 0.895. The van der Waals surface area contributed by atoms with Crippen LogP contribution in [0.15, 0.2) is 146 Å². The fourth-order valence-electron chi connectivity index (χ4n) is 11.7. The molecule has 2 heterocycles. The number of phenolic OH excluding ortho intramolecular Hbond substituents is 5. The van der Waals surface area contributed by atoms with Crippen LogP contribution in [0.5, 0.6) is 34.5 Å². The van der Waals surface area contributed by atoms with Crippen molar-refractivity contribution in [3.8, 4) is 57.0 Å². The maximum absolute atomic E-state index is 14.2. The molecule has 2 aromatic heterocycles. The minimum atomic E-state index is -0.417. The average molecular weight is 1090 g/mol. The molecule has 414 valence electrons. The first-order valence-electron chi connectivity index (χ1n) is 28.4. The molecule has 1 amide bonds. The van der Waals surface area contributed by atoms with Crippen LogP contribution in [0.2, 0.25) is 0 Å². The second-order valence-electron chi connectivity index (χ2n) is 22.3. The van der Waals surface area contributed by atoms with E-state index in [1.807, 2.05) is 137 Å². The van der Waals surface area contributed by atoms with Crippen LogP contribution in [0.4, 0.5) is 5.69 Å². The number of rotatable bonds is 12. The number of fused-ring (bicyclic) bond motifs is 13. The molecule has 11 rings (SSSR count). The summed E-state index contributed by atoms with van der Waals surface area (Å²) in [6.45, 7) is 10.7. The zero-order valence-corrected chi connectivity index (χ0v) is 47.1. The Bertz CT molecular complexity index is 3960. The molecule has 0 radical (unpaired) electrons. The van der Waals surface area contributed by atoms with Gasteiger partial charge < -0.3 is 30.3 Å². The Hall–Kier alpha value is -9.35. The molecule has 10 bridgehead atoms. The molecule has 0 aliphatic heterocycles. The van der Waals surface area contributed by atoms with Crippen LogP contribution in [0.3, 0.4) is 0 Å². The topological polar surface area (TPSA) is 177 Å². The number of hydrogen-bond acceptors (Lipinski definition) is 10. The van der Waals surface area contributed by atoms with Gasteiger partial charge in [-0.15, -0.1) is 0 Å². The molecule has 7 N–H and O–H groups in total. The first-order chi connectivity index (χ1) is 39.6. The summed E-state index contributed by atoms with van der Waals surface area (Å²) < 4.78 is 6.03. The second kappa shape index (κ2) is 23.4. The number of nitrogens with one attached hydrogen (secondary N) is 2. The van der Waals surface area contributed by atoms with Gasteiger partial charge in [0.1, 0.15) is 34.5 Å². The Labute approximate surface area is 478 Å². The Kier molecular flexibility index (Phi) is 15.6. The van der Waals surface area contributed by atoms with Crippen molar-refractivity contribution in [1.29, 1.82) is 0 Å². The summed E-state index contributed by atoms with van der Waals surface area (Å²) >= 11 is 0. The minimum Gasteiger partial charge on any atom is -0.507 e. The van der Waals surface area contributed by atoms with E-state index in [0.29, 0.717) is 79.2 Å². The van der Waals surface area contributed by atoms with E-state index in [2.05, 4.69) is 29.9 Å². The third kappa shape index (κ3) is 11.8. The summed E-state index contributed by atoms with van der Waals surface area (Å²) in [6, 6.07) is 46.2. The van der Waals surface area contributed by atoms with E-state index in [1.165, 1.54) is 25.7 Å². The van der Waals surface area contributed by atoms with Crippen molar-refractivity contribution >= 4 is 33.4 Å². The van der Waals surface area contributed by atoms with Crippen LogP contribution in [0.25, 0.3) is 44.3 Å². The quantitative estimate of drug-likeness (QED) is 0.0270. The van der Waals surface area contributed by atoms with Crippen molar-refractivity contribution in [2.75, 3.05) is 12.0 Å². The normalized spacial score (nSPS) is 12.3. The Morgan fingerprint density at radius 3 is 1.27 bits per heavy atom. The molecule has 0 atom stereocenters. The number of pyridine rings is 2. The highest BCUT2D eigenvalue weighted by Gasteiger charge is 2.22. The lowest BCUT2D eigenvalue weighted by Crippen LogP contribution is -2.29. The number of anilines is 1. The zero-order chi connectivity index (χ0) is 57.2. The molecule has 0 saturated carbocycles. The van der Waals surface area contributed by atoms with Gasteiger partial charge in [0, 0.05) is 70.7 Å². The standard InChI is InChI=1S/C71H68N4O7/c1-6-7-8-9-10-24-82-61-20-16-45(17-21-61)62-22-18-46-14-15-47-19-23-63(73-65(47)64(46)72-62)48-12-11-13-49(33-48)71(81)75-74-60-39-58-37-56-31-43(4)29-54(68(56)78)35-52-27-41(2)25-50(66(52)76)34-51-26-42(3)28-53(67(51)77)36-55-30-44(5)32-57(69(55)79)38-59(40-60)70(58)80/h11-23,25-33,39-40,74,76-80H,6-10,24,34-38H2,1-5H3,(H,75,81). The lowest BCUT2D eigenvalue weighted by molar-refractivity contribution is 0.0962. The van der Waals surface area contributed by atoms with Gasteiger partial charge in [0.2, 0.25) is 0 Å². The van der Waals surface area contributed by atoms with Crippen molar-refractivity contribution in [3.63, 3.8) is 0 Å². The third-order valence-electron chi connectivity index (χ3n) is 15.7. The van der Waals surface area contributed by atoms with Crippen molar-refractivity contribution in [3.05, 3.63) is 229 Å². The maximum Gasteiger partial charge on any atom is 0.269 e. The van der Waals surface area contributed by atoms with Crippen LogP contribution in [0, 0.1) is 27.7 Å². The number of aromatic hydroxyl groups is 5. The minimum absolute atomic E-state index is 0.0299. The molecule has 0 saturated heterocycles. The van der Waals surface area contributed by atoms with Gasteiger partial charge in [0.05, 0.1) is 34.7 Å². The van der Waals surface area contributed by atoms with Crippen molar-refractivity contribution in [1.82, 2.24) is 15.4 Å². The molecule has 10 aromatic rings. The predicted molar refractivity (Wildman–Crippen MR) is 327 cm³/mol. The number of benzene rings is 8. The number of aromatic nitrogens is 2. The zero-order valence-electron chi connectivity index (χ0n) is 47.1. The fourth-order valence-corrected chi connectivity index (χ4v) is 11.7. The summed E-state index contributed by atoms with van der Waals surface area (Å²) in [7, 11) is 0. The first-order valence-corrected chi connectivity index (χ1v) is 28.4. The largest absolute Gasteiger partial charge is 0.507 e. The molecular formula is C71H68N4O7. The molecule has 0 unspecified atom stereocenters. The van der Waals surface area contributed by atoms with Crippen LogP contribution >= 0.6 is 0 Å². The summed E-state index contributed by atoms with van der Waals surface area (Å²) in [5.41, 5.74) is 20.9. The fraction of sp³-hybridized carbons (Fsp3) is 0.225. The lowest BCUT2D eigenvalue weighted by atomic mass is 9.89. The van der Waals surface area contributed by atoms with Gasteiger partial charge in [-0.3, -0.25) is 15.6 Å². The van der Waals surface area contributed by atoms with Gasteiger partial charge in [-0.1, -0.05) is 140 Å². The van der Waals surface area contributed by atoms with Crippen molar-refractivity contribution < 1.29 is 35.1 Å². The van der Waals surface area contributed by atoms with Crippen molar-refractivity contribution in [2.45, 2.75) is 98.8 Å². The summed E-state index contributed by atoms with van der Waals surface area (Å²) in [6.07, 6.45) is 6.87. The van der Waals surface area contributed by atoms with E-state index in [1.54, 1.807) is 24.3 Å². The number of nitrogens with zero attached hydrogens (tertiary/aromatic N) is 2. The summed E-state index contributed by atoms with van der Waals surface area (Å²) in [5.74, 6) is 0.618. The molecule has 11 nitrogen and oxygen atoms in total. The molecule has 82 heavy (non-hydrogen) atoms. The van der Waals surface area contributed by atoms with Crippen LogP contribution < -0.4 is 15.6 Å². The number of hydrogen-bond donors (Lipinski definition) is 7. The molecular weight excluding hydrogens is 1020 g/mol. The molecule has 1 aliphatic carbocycles. The highest BCUT2D eigenvalue weighted by molar-refractivity contribution is 6.04. The van der Waals surface area contributed by atoms with Gasteiger partial charge in [-0.25, -0.2) is 9.97 Å². The van der Waals surface area contributed by atoms with E-state index >= 15 is 0 Å². The Morgan fingerprint density at radius 1 is 0.451 bits per heavy atom. The average Bonchev–Trinajstić information content (AvgIpc) is 3.67. The van der Waals surface area contributed by atoms with Gasteiger partial charge in [-0.05, 0) is 139 Å². The molecule has 0 spiro atoms. The predicted octanol–water partition coefficient (Wildman–Crippen LogP) is 15.3. The number of phenols is 5. The monoisotopic (exact) mass is 1090 g/mol. The highest BCUT2D eigenvalue weighted by atomic mass is 16.5. The van der Waals surface area contributed by atoms with Gasteiger partial charge in [0.15, 0.2) is 0 Å². The summed E-state index contributed by atoms with van der Waals surface area (Å²) in [5, 5.41) is 61.8. The lowest BCUT2D eigenvalue weighted by Gasteiger charge is -2.19. The smallest absolute Gasteiger partial charge is 0.269 e. The molecule has 0 fully saturated rings. The highest BCUT2D eigenvalue weighted by Crippen LogP contribution is 2.41. The number of carbonyl (C=O) groups excluding carboxylic acids is 1. The summed E-state index contributed by atoms with van der Waals surface area (Å²) in [4.78, 5) is 24.5. The van der Waals surface area contributed by atoms with Crippen LogP contribution in [-0.4, -0.2) is 48.0 Å². The molecule has 11 heteroatoms. The van der Waals surface area contributed by atoms with Gasteiger partial charge in [-0.2, -0.15) is 0 Å². The van der Waals surface area contributed by atoms with E-state index in [0.717, 1.165) is 73.1 Å². The van der Waals surface area contributed by atoms with Gasteiger partial charge in [0.25, 0.3) is 5.91 Å². The second-order valence-corrected chi connectivity index (χ2v) is 22.3. The first kappa shape index (κ1) is 54.6. The van der Waals surface area contributed by atoms with Crippen LogP contribution in [-0.2, 0) is 32.1 Å². The maximum atomic E-state index is 14.2. The van der Waals surface area contributed by atoms with E-state index in [-0.39, 0.29) is 60.9 Å². The number of carbonyl (C=O) groups is 1. The third-order valence-corrected chi connectivity index (χ3v) is 15.7. The Morgan fingerprint density at radius 2 is 0.841 bits per heavy atom. The van der Waals surface area contributed by atoms with E-state index < -0.39 is 5.91 Å². The number of unbranched alkanes of at least 4 members (excludes halogenated alkanes) is 4. The number of amides is 1. The van der Waals surface area contributed by atoms with E-state index in [4.69, 9.17) is 14.7 Å². The number of hydrazine groups is 1. The number of ether oxygens (including phenoxy) is 1. The number of aryl methyl sites for hydroxylation is 4. The van der Waals surface area contributed by atoms with Crippen LogP contribution in [0.1, 0.15) is 127 Å². The van der Waals surface area contributed by atoms with E-state index in [9.17, 15) is 30.3 Å². The SMILES string of the molecule is CCCCCCCOc1ccc(-c2ccc3ccc4ccc(-c5cccc(C(=O)NNc6cc7c(O)c(c6)Cc6cc(C)cc(c6O)Cc6cc(C)cc(c6O)Cc6cc(C)cc(c6O)Cc6cc(C)cc(c6O)C7)c5)nc4c3n2)cc1. The van der Waals surface area contributed by atoms with Crippen molar-refractivity contribution in [2.24, 2.45) is 0 Å². The molecule has 1 aliphatic rings. The molecule has 8 aromatic carbocycles.